The highest BCUT2D eigenvalue weighted by Gasteiger charge is 2.06. The van der Waals surface area contributed by atoms with E-state index in [1.165, 1.54) is 17.4 Å². The van der Waals surface area contributed by atoms with Crippen molar-refractivity contribution in [3.8, 4) is 11.3 Å². The number of carbonyl (C=O) groups is 1. The van der Waals surface area contributed by atoms with Crippen molar-refractivity contribution in [3.63, 3.8) is 0 Å². The quantitative estimate of drug-likeness (QED) is 0.705. The number of carbonyl (C=O) groups excluding carboxylic acids is 1. The number of furan rings is 1. The molecule has 3 rings (SSSR count). The van der Waals surface area contributed by atoms with Crippen molar-refractivity contribution < 1.29 is 9.21 Å². The Kier molecular flexibility index (Phi) is 4.37. The summed E-state index contributed by atoms with van der Waals surface area (Å²) in [5, 5.41) is 5.82. The molecule has 0 aliphatic heterocycles. The number of rotatable bonds is 4. The van der Waals surface area contributed by atoms with Crippen LogP contribution in [0.5, 0.6) is 0 Å². The molecule has 3 aromatic rings. The third-order valence-corrected chi connectivity index (χ3v) is 3.83. The molecule has 0 spiro atoms. The molecule has 4 nitrogen and oxygen atoms in total. The zero-order chi connectivity index (χ0) is 15.4. The standard InChI is InChI=1S/C16H11ClN2O2S/c17-12-5-3-11(4-6-12)14-10-22-16(18-14)19-15(20)8-7-13-2-1-9-21-13/h1-10H,(H,18,19,20)/b8-7+. The second-order valence-corrected chi connectivity index (χ2v) is 5.68. The molecule has 0 atom stereocenters. The van der Waals surface area contributed by atoms with E-state index in [4.69, 9.17) is 16.0 Å². The molecule has 0 bridgehead atoms. The number of amides is 1. The Bertz CT molecular complexity index is 792. The van der Waals surface area contributed by atoms with E-state index in [0.717, 1.165) is 11.3 Å². The maximum absolute atomic E-state index is 11.8. The summed E-state index contributed by atoms with van der Waals surface area (Å²) in [4.78, 5) is 16.2. The molecular weight excluding hydrogens is 320 g/mol. The minimum atomic E-state index is -0.256. The Balaban J connectivity index is 1.66. The zero-order valence-corrected chi connectivity index (χ0v) is 12.9. The first-order chi connectivity index (χ1) is 10.7. The predicted octanol–water partition coefficient (Wildman–Crippen LogP) is 4.71. The van der Waals surface area contributed by atoms with Gasteiger partial charge in [0.25, 0.3) is 0 Å². The van der Waals surface area contributed by atoms with Gasteiger partial charge in [-0.1, -0.05) is 23.7 Å². The molecule has 6 heteroatoms. The molecule has 0 saturated carbocycles. The zero-order valence-electron chi connectivity index (χ0n) is 11.3. The van der Waals surface area contributed by atoms with E-state index in [-0.39, 0.29) is 5.91 Å². The van der Waals surface area contributed by atoms with Crippen LogP contribution >= 0.6 is 22.9 Å². The lowest BCUT2D eigenvalue weighted by atomic mass is 10.2. The molecule has 0 aliphatic carbocycles. The van der Waals surface area contributed by atoms with E-state index in [1.54, 1.807) is 36.6 Å². The summed E-state index contributed by atoms with van der Waals surface area (Å²) in [5.41, 5.74) is 1.75. The van der Waals surface area contributed by atoms with Gasteiger partial charge in [0.1, 0.15) is 5.76 Å². The van der Waals surface area contributed by atoms with Gasteiger partial charge in [-0.25, -0.2) is 4.98 Å². The molecule has 1 N–H and O–H groups in total. The van der Waals surface area contributed by atoms with Crippen molar-refractivity contribution in [2.24, 2.45) is 0 Å². The van der Waals surface area contributed by atoms with Gasteiger partial charge < -0.3 is 4.42 Å². The lowest BCUT2D eigenvalue weighted by Gasteiger charge is -1.97. The molecule has 22 heavy (non-hydrogen) atoms. The van der Waals surface area contributed by atoms with Crippen molar-refractivity contribution in [2.45, 2.75) is 0 Å². The molecule has 110 valence electrons. The Morgan fingerprint density at radius 2 is 2.09 bits per heavy atom. The van der Waals surface area contributed by atoms with Crippen LogP contribution in [0, 0.1) is 0 Å². The Morgan fingerprint density at radius 1 is 1.27 bits per heavy atom. The Hall–Kier alpha value is -2.37. The number of benzene rings is 1. The Morgan fingerprint density at radius 3 is 2.82 bits per heavy atom. The number of aromatic nitrogens is 1. The van der Waals surface area contributed by atoms with E-state index >= 15 is 0 Å². The van der Waals surface area contributed by atoms with Crippen LogP contribution in [0.4, 0.5) is 5.13 Å². The molecule has 0 radical (unpaired) electrons. The van der Waals surface area contributed by atoms with Gasteiger partial charge in [-0.05, 0) is 30.3 Å². The van der Waals surface area contributed by atoms with Crippen molar-refractivity contribution >= 4 is 40.1 Å². The maximum atomic E-state index is 11.8. The molecule has 0 fully saturated rings. The average Bonchev–Trinajstić information content (AvgIpc) is 3.17. The van der Waals surface area contributed by atoms with Crippen LogP contribution in [0.2, 0.25) is 5.02 Å². The SMILES string of the molecule is O=C(/C=C/c1ccco1)Nc1nc(-c2ccc(Cl)cc2)cs1. The minimum absolute atomic E-state index is 0.256. The largest absolute Gasteiger partial charge is 0.465 e. The van der Waals surface area contributed by atoms with Crippen molar-refractivity contribution in [1.29, 1.82) is 0 Å². The lowest BCUT2D eigenvalue weighted by Crippen LogP contribution is -2.07. The van der Waals surface area contributed by atoms with Gasteiger partial charge in [-0.2, -0.15) is 0 Å². The number of anilines is 1. The summed E-state index contributed by atoms with van der Waals surface area (Å²) < 4.78 is 5.12. The Labute approximate surface area is 136 Å². The van der Waals surface area contributed by atoms with Gasteiger partial charge in [-0.15, -0.1) is 11.3 Å². The molecule has 0 unspecified atom stereocenters. The van der Waals surface area contributed by atoms with Gasteiger partial charge in [0.15, 0.2) is 5.13 Å². The number of halogens is 1. The van der Waals surface area contributed by atoms with Crippen molar-refractivity contribution in [3.05, 3.63) is 64.9 Å². The fraction of sp³-hybridized carbons (Fsp3) is 0. The van der Waals surface area contributed by atoms with E-state index in [9.17, 15) is 4.79 Å². The average molecular weight is 331 g/mol. The van der Waals surface area contributed by atoms with Crippen LogP contribution in [0.25, 0.3) is 17.3 Å². The normalized spacial score (nSPS) is 11.0. The number of nitrogens with one attached hydrogen (secondary N) is 1. The van der Waals surface area contributed by atoms with Gasteiger partial charge in [-0.3, -0.25) is 10.1 Å². The van der Waals surface area contributed by atoms with Gasteiger partial charge in [0.2, 0.25) is 5.91 Å². The van der Waals surface area contributed by atoms with E-state index < -0.39 is 0 Å². The van der Waals surface area contributed by atoms with Crippen LogP contribution < -0.4 is 5.32 Å². The monoisotopic (exact) mass is 330 g/mol. The third kappa shape index (κ3) is 3.63. The molecule has 2 heterocycles. The van der Waals surface area contributed by atoms with Gasteiger partial charge in [0.05, 0.1) is 12.0 Å². The van der Waals surface area contributed by atoms with Gasteiger partial charge >= 0.3 is 0 Å². The van der Waals surface area contributed by atoms with Crippen LogP contribution in [0.1, 0.15) is 5.76 Å². The summed E-state index contributed by atoms with van der Waals surface area (Å²) in [6.45, 7) is 0. The first kappa shape index (κ1) is 14.6. The maximum Gasteiger partial charge on any atom is 0.250 e. The van der Waals surface area contributed by atoms with Crippen LogP contribution in [-0.2, 0) is 4.79 Å². The van der Waals surface area contributed by atoms with E-state index in [1.807, 2.05) is 17.5 Å². The molecule has 0 aliphatic rings. The van der Waals surface area contributed by atoms with Crippen molar-refractivity contribution in [2.75, 3.05) is 5.32 Å². The van der Waals surface area contributed by atoms with Crippen molar-refractivity contribution in [1.82, 2.24) is 4.98 Å². The second-order valence-electron chi connectivity index (χ2n) is 4.38. The summed E-state index contributed by atoms with van der Waals surface area (Å²) in [6.07, 6.45) is 4.56. The number of hydrogen-bond donors (Lipinski definition) is 1. The summed E-state index contributed by atoms with van der Waals surface area (Å²) in [6, 6.07) is 10.9. The first-order valence-corrected chi connectivity index (χ1v) is 7.70. The van der Waals surface area contributed by atoms with Crippen LogP contribution in [-0.4, -0.2) is 10.9 Å². The highest BCUT2D eigenvalue weighted by Crippen LogP contribution is 2.25. The van der Waals surface area contributed by atoms with Gasteiger partial charge in [0, 0.05) is 22.0 Å². The minimum Gasteiger partial charge on any atom is -0.465 e. The summed E-state index contributed by atoms with van der Waals surface area (Å²) >= 11 is 7.23. The first-order valence-electron chi connectivity index (χ1n) is 6.45. The fourth-order valence-corrected chi connectivity index (χ4v) is 2.62. The predicted molar refractivity (Wildman–Crippen MR) is 88.9 cm³/mol. The third-order valence-electron chi connectivity index (χ3n) is 2.82. The molecular formula is C16H11ClN2O2S. The number of thiazole rings is 1. The molecule has 0 saturated heterocycles. The molecule has 2 aromatic heterocycles. The van der Waals surface area contributed by atoms with E-state index in [2.05, 4.69) is 10.3 Å². The summed E-state index contributed by atoms with van der Waals surface area (Å²) in [5.74, 6) is 0.365. The summed E-state index contributed by atoms with van der Waals surface area (Å²) in [7, 11) is 0. The highest BCUT2D eigenvalue weighted by atomic mass is 35.5. The number of nitrogens with zero attached hydrogens (tertiary/aromatic N) is 1. The highest BCUT2D eigenvalue weighted by molar-refractivity contribution is 7.14. The fourth-order valence-electron chi connectivity index (χ4n) is 1.78. The number of hydrogen-bond acceptors (Lipinski definition) is 4. The lowest BCUT2D eigenvalue weighted by molar-refractivity contribution is -0.111. The van der Waals surface area contributed by atoms with Crippen LogP contribution in [0.15, 0.2) is 58.5 Å². The van der Waals surface area contributed by atoms with Crippen LogP contribution in [0.3, 0.4) is 0 Å². The molecule has 1 amide bonds. The van der Waals surface area contributed by atoms with E-state index in [0.29, 0.717) is 15.9 Å². The smallest absolute Gasteiger partial charge is 0.250 e. The molecule has 1 aromatic carbocycles. The topological polar surface area (TPSA) is 55.1 Å². The second kappa shape index (κ2) is 6.60.